The third kappa shape index (κ3) is 3.40. The first-order chi connectivity index (χ1) is 13.5. The number of rotatable bonds is 4. The van der Waals surface area contributed by atoms with Crippen molar-refractivity contribution in [3.05, 3.63) is 63.6 Å². The molecule has 3 aromatic rings. The van der Waals surface area contributed by atoms with Crippen molar-refractivity contribution >= 4 is 23.2 Å². The van der Waals surface area contributed by atoms with Gasteiger partial charge in [0.25, 0.3) is 5.95 Å². The second-order valence-electron chi connectivity index (χ2n) is 7.14. The number of aromatic nitrogens is 4. The molecule has 28 heavy (non-hydrogen) atoms. The first-order valence-corrected chi connectivity index (χ1v) is 9.81. The summed E-state index contributed by atoms with van der Waals surface area (Å²) in [4.78, 5) is 22.2. The fourth-order valence-corrected chi connectivity index (χ4v) is 3.92. The van der Waals surface area contributed by atoms with Crippen LogP contribution < -0.4 is 5.32 Å². The van der Waals surface area contributed by atoms with E-state index in [1.165, 1.54) is 0 Å². The van der Waals surface area contributed by atoms with Crippen molar-refractivity contribution in [1.29, 1.82) is 0 Å². The lowest BCUT2D eigenvalue weighted by molar-refractivity contribution is 0.0964. The van der Waals surface area contributed by atoms with Gasteiger partial charge >= 0.3 is 0 Å². The van der Waals surface area contributed by atoms with Crippen LogP contribution in [-0.2, 0) is 6.42 Å². The Bertz CT molecular complexity index is 1020. The van der Waals surface area contributed by atoms with E-state index >= 15 is 0 Å². The minimum atomic E-state index is 0.0769. The molecular weight excluding hydrogens is 374 g/mol. The third-order valence-corrected chi connectivity index (χ3v) is 5.23. The molecule has 4 rings (SSSR count). The van der Waals surface area contributed by atoms with Crippen LogP contribution in [-0.4, -0.2) is 32.1 Å². The van der Waals surface area contributed by atoms with Gasteiger partial charge in [-0.2, -0.15) is 0 Å². The van der Waals surface area contributed by atoms with E-state index in [0.717, 1.165) is 22.6 Å². The summed E-state index contributed by atoms with van der Waals surface area (Å²) in [5, 5.41) is 8.58. The molecule has 6 nitrogen and oxygen atoms in total. The number of fused-ring (bicyclic) bond motifs is 1. The lowest BCUT2D eigenvalue weighted by Gasteiger charge is -2.23. The van der Waals surface area contributed by atoms with Gasteiger partial charge in [-0.05, 0) is 56.9 Å². The summed E-state index contributed by atoms with van der Waals surface area (Å²) in [6.07, 6.45) is 1.14. The molecule has 1 unspecified atom stereocenters. The minimum absolute atomic E-state index is 0.0769. The Morgan fingerprint density at radius 2 is 1.82 bits per heavy atom. The standard InChI is InChI=1S/C21H22ClN5O/c1-4-23-20-19-17(27(26-20)21-24-12(2)9-13(3)25-21)10-15(11-18(19)28)14-5-7-16(22)8-6-14/h5-9,15H,4,10-11H2,1-3H3,(H,23,26). The van der Waals surface area contributed by atoms with Gasteiger partial charge in [0.15, 0.2) is 11.6 Å². The SMILES string of the molecule is CCNc1nn(-c2nc(C)cc(C)n2)c2c1C(=O)CC(c1ccc(Cl)cc1)C2. The van der Waals surface area contributed by atoms with Gasteiger partial charge in [-0.25, -0.2) is 14.6 Å². The molecule has 1 atom stereocenters. The molecule has 1 aromatic carbocycles. The minimum Gasteiger partial charge on any atom is -0.368 e. The quantitative estimate of drug-likeness (QED) is 0.713. The van der Waals surface area contributed by atoms with Crippen LogP contribution in [0.5, 0.6) is 0 Å². The predicted octanol–water partition coefficient (Wildman–Crippen LogP) is 4.28. The van der Waals surface area contributed by atoms with Gasteiger partial charge in [-0.1, -0.05) is 23.7 Å². The second-order valence-corrected chi connectivity index (χ2v) is 7.58. The van der Waals surface area contributed by atoms with Crippen molar-refractivity contribution in [1.82, 2.24) is 19.7 Å². The molecule has 1 aliphatic rings. The number of hydrogen-bond donors (Lipinski definition) is 1. The molecule has 0 bridgehead atoms. The normalized spacial score (nSPS) is 16.1. The molecule has 0 spiro atoms. The van der Waals surface area contributed by atoms with Gasteiger partial charge in [0, 0.05) is 29.4 Å². The molecule has 0 amide bonds. The molecule has 0 saturated carbocycles. The molecule has 144 valence electrons. The molecule has 2 heterocycles. The summed E-state index contributed by atoms with van der Waals surface area (Å²) < 4.78 is 1.73. The van der Waals surface area contributed by atoms with E-state index in [2.05, 4.69) is 20.4 Å². The number of anilines is 1. The smallest absolute Gasteiger partial charge is 0.251 e. The van der Waals surface area contributed by atoms with Crippen LogP contribution in [0.1, 0.15) is 52.3 Å². The Balaban J connectivity index is 1.83. The fraction of sp³-hybridized carbons (Fsp3) is 0.333. The highest BCUT2D eigenvalue weighted by atomic mass is 35.5. The van der Waals surface area contributed by atoms with E-state index in [9.17, 15) is 4.79 Å². The summed E-state index contributed by atoms with van der Waals surface area (Å²) in [5.74, 6) is 1.28. The predicted molar refractivity (Wildman–Crippen MR) is 110 cm³/mol. The van der Waals surface area contributed by atoms with Gasteiger partial charge in [-0.15, -0.1) is 5.10 Å². The summed E-state index contributed by atoms with van der Waals surface area (Å²) in [6.45, 7) is 6.54. The molecule has 2 aromatic heterocycles. The first kappa shape index (κ1) is 18.6. The van der Waals surface area contributed by atoms with Crippen LogP contribution >= 0.6 is 11.6 Å². The number of halogens is 1. The highest BCUT2D eigenvalue weighted by molar-refractivity contribution is 6.30. The van der Waals surface area contributed by atoms with E-state index < -0.39 is 0 Å². The fourth-order valence-electron chi connectivity index (χ4n) is 3.80. The average molecular weight is 396 g/mol. The third-order valence-electron chi connectivity index (χ3n) is 4.98. The molecule has 1 N–H and O–H groups in total. The Labute approximate surface area is 169 Å². The lowest BCUT2D eigenvalue weighted by Crippen LogP contribution is -2.21. The first-order valence-electron chi connectivity index (χ1n) is 9.43. The Morgan fingerprint density at radius 1 is 1.14 bits per heavy atom. The number of hydrogen-bond acceptors (Lipinski definition) is 5. The number of benzene rings is 1. The Kier molecular flexibility index (Phi) is 4.89. The summed E-state index contributed by atoms with van der Waals surface area (Å²) >= 11 is 6.03. The van der Waals surface area contributed by atoms with Gasteiger partial charge in [-0.3, -0.25) is 4.79 Å². The summed E-state index contributed by atoms with van der Waals surface area (Å²) in [7, 11) is 0. The van der Waals surface area contributed by atoms with Gasteiger partial charge in [0.2, 0.25) is 0 Å². The average Bonchev–Trinajstić information content (AvgIpc) is 3.01. The maximum Gasteiger partial charge on any atom is 0.251 e. The number of aryl methyl sites for hydroxylation is 2. The van der Waals surface area contributed by atoms with E-state index in [-0.39, 0.29) is 11.7 Å². The van der Waals surface area contributed by atoms with Crippen molar-refractivity contribution in [3.8, 4) is 5.95 Å². The van der Waals surface area contributed by atoms with Crippen molar-refractivity contribution < 1.29 is 4.79 Å². The van der Waals surface area contributed by atoms with E-state index in [1.807, 2.05) is 51.1 Å². The molecule has 7 heteroatoms. The van der Waals surface area contributed by atoms with Crippen LogP contribution in [0, 0.1) is 13.8 Å². The van der Waals surface area contributed by atoms with Gasteiger partial charge in [0.05, 0.1) is 11.3 Å². The van der Waals surface area contributed by atoms with E-state index in [1.54, 1.807) is 4.68 Å². The van der Waals surface area contributed by atoms with Crippen molar-refractivity contribution in [2.75, 3.05) is 11.9 Å². The maximum atomic E-state index is 13.1. The van der Waals surface area contributed by atoms with E-state index in [4.69, 9.17) is 11.6 Å². The van der Waals surface area contributed by atoms with Gasteiger partial charge < -0.3 is 5.32 Å². The van der Waals surface area contributed by atoms with Crippen molar-refractivity contribution in [2.45, 2.75) is 39.5 Å². The number of carbonyl (C=O) groups is 1. The molecule has 0 fully saturated rings. The largest absolute Gasteiger partial charge is 0.368 e. The molecule has 0 saturated heterocycles. The number of ketones is 1. The highest BCUT2D eigenvalue weighted by Gasteiger charge is 2.34. The van der Waals surface area contributed by atoms with Crippen molar-refractivity contribution in [2.24, 2.45) is 0 Å². The van der Waals surface area contributed by atoms with Crippen LogP contribution in [0.4, 0.5) is 5.82 Å². The Hall–Kier alpha value is -2.73. The molecular formula is C21H22ClN5O. The Morgan fingerprint density at radius 3 is 2.46 bits per heavy atom. The van der Waals surface area contributed by atoms with Crippen LogP contribution in [0.15, 0.2) is 30.3 Å². The highest BCUT2D eigenvalue weighted by Crippen LogP contribution is 2.37. The molecule has 0 radical (unpaired) electrons. The zero-order valence-corrected chi connectivity index (χ0v) is 16.9. The lowest BCUT2D eigenvalue weighted by atomic mass is 9.82. The summed E-state index contributed by atoms with van der Waals surface area (Å²) in [6, 6.07) is 9.64. The maximum absolute atomic E-state index is 13.1. The zero-order chi connectivity index (χ0) is 19.8. The van der Waals surface area contributed by atoms with Crippen molar-refractivity contribution in [3.63, 3.8) is 0 Å². The second kappa shape index (κ2) is 7.36. The van der Waals surface area contributed by atoms with Gasteiger partial charge in [0.1, 0.15) is 0 Å². The number of carbonyl (C=O) groups excluding carboxylic acids is 1. The number of Topliss-reactive ketones (excluding diaryl/α,β-unsaturated/α-hetero) is 1. The number of nitrogens with one attached hydrogen (secondary N) is 1. The number of nitrogens with zero attached hydrogens (tertiary/aromatic N) is 4. The van der Waals surface area contributed by atoms with Crippen LogP contribution in [0.3, 0.4) is 0 Å². The monoisotopic (exact) mass is 395 g/mol. The van der Waals surface area contributed by atoms with Crippen LogP contribution in [0.2, 0.25) is 5.02 Å². The van der Waals surface area contributed by atoms with Crippen LogP contribution in [0.25, 0.3) is 5.95 Å². The van der Waals surface area contributed by atoms with E-state index in [0.29, 0.717) is 41.7 Å². The molecule has 0 aliphatic heterocycles. The topological polar surface area (TPSA) is 72.7 Å². The molecule has 1 aliphatic carbocycles. The zero-order valence-electron chi connectivity index (χ0n) is 16.2. The summed E-state index contributed by atoms with van der Waals surface area (Å²) in [5.41, 5.74) is 4.36.